The highest BCUT2D eigenvalue weighted by Crippen LogP contribution is 2.36. The summed E-state index contributed by atoms with van der Waals surface area (Å²) in [4.78, 5) is 0.262. The topological polar surface area (TPSA) is 75.4 Å². The van der Waals surface area contributed by atoms with Crippen molar-refractivity contribution >= 4 is 21.4 Å². The van der Waals surface area contributed by atoms with Crippen LogP contribution < -0.4 is 11.1 Å². The Balaban J connectivity index is 2.16. The van der Waals surface area contributed by atoms with E-state index in [-0.39, 0.29) is 4.90 Å². The second kappa shape index (κ2) is 5.61. The first-order chi connectivity index (χ1) is 9.32. The van der Waals surface area contributed by atoms with Crippen molar-refractivity contribution in [2.24, 2.45) is 11.8 Å². The van der Waals surface area contributed by atoms with Crippen LogP contribution in [0.25, 0.3) is 0 Å². The fraction of sp³-hybridized carbons (Fsp3) is 0.571. The van der Waals surface area contributed by atoms with Gasteiger partial charge in [0.25, 0.3) is 0 Å². The molecule has 1 aromatic rings. The van der Waals surface area contributed by atoms with Gasteiger partial charge in [-0.05, 0) is 42.9 Å². The van der Waals surface area contributed by atoms with E-state index in [4.69, 9.17) is 5.73 Å². The molecule has 1 aromatic carbocycles. The van der Waals surface area contributed by atoms with E-state index in [1.165, 1.54) is 31.2 Å². The molecule has 0 heterocycles. The Morgan fingerprint density at radius 1 is 1.40 bits per heavy atom. The predicted molar refractivity (Wildman–Crippen MR) is 82.1 cm³/mol. The fourth-order valence-electron chi connectivity index (χ4n) is 2.16. The zero-order valence-corrected chi connectivity index (χ0v) is 13.1. The molecule has 1 aliphatic carbocycles. The molecule has 0 radical (unpaired) electrons. The van der Waals surface area contributed by atoms with E-state index in [1.54, 1.807) is 18.2 Å². The van der Waals surface area contributed by atoms with E-state index in [9.17, 15) is 8.42 Å². The van der Waals surface area contributed by atoms with Gasteiger partial charge < -0.3 is 11.1 Å². The molecule has 20 heavy (non-hydrogen) atoms. The van der Waals surface area contributed by atoms with Gasteiger partial charge in [0, 0.05) is 20.6 Å². The van der Waals surface area contributed by atoms with Gasteiger partial charge in [-0.1, -0.05) is 6.92 Å². The van der Waals surface area contributed by atoms with Gasteiger partial charge in [0.15, 0.2) is 0 Å². The van der Waals surface area contributed by atoms with Crippen LogP contribution in [0.1, 0.15) is 19.8 Å². The third-order valence-corrected chi connectivity index (χ3v) is 5.66. The zero-order chi connectivity index (χ0) is 14.9. The van der Waals surface area contributed by atoms with Gasteiger partial charge >= 0.3 is 0 Å². The average Bonchev–Trinajstić information content (AvgIpc) is 3.21. The summed E-state index contributed by atoms with van der Waals surface area (Å²) in [6, 6.07) is 4.80. The van der Waals surface area contributed by atoms with Crippen LogP contribution in [0.3, 0.4) is 0 Å². The Kier molecular flexibility index (Phi) is 4.25. The van der Waals surface area contributed by atoms with Crippen molar-refractivity contribution in [2.45, 2.75) is 24.7 Å². The van der Waals surface area contributed by atoms with Crippen LogP contribution in [0, 0.1) is 11.8 Å². The van der Waals surface area contributed by atoms with Crippen LogP contribution in [0.2, 0.25) is 0 Å². The first-order valence-electron chi connectivity index (χ1n) is 6.88. The summed E-state index contributed by atoms with van der Waals surface area (Å²) >= 11 is 0. The summed E-state index contributed by atoms with van der Waals surface area (Å²) in [5, 5.41) is 3.28. The molecule has 2 rings (SSSR count). The Morgan fingerprint density at radius 2 is 2.05 bits per heavy atom. The van der Waals surface area contributed by atoms with Gasteiger partial charge in [-0.25, -0.2) is 12.7 Å². The molecule has 112 valence electrons. The number of nitrogen functional groups attached to an aromatic ring is 1. The molecule has 0 spiro atoms. The highest BCUT2D eigenvalue weighted by molar-refractivity contribution is 7.89. The fourth-order valence-corrected chi connectivity index (χ4v) is 3.09. The molecule has 0 aromatic heterocycles. The highest BCUT2D eigenvalue weighted by atomic mass is 32.2. The quantitative estimate of drug-likeness (QED) is 0.787. The van der Waals surface area contributed by atoms with Gasteiger partial charge in [0.2, 0.25) is 10.0 Å². The number of anilines is 2. The maximum Gasteiger partial charge on any atom is 0.242 e. The third-order valence-electron chi connectivity index (χ3n) is 3.84. The molecular formula is C14H23N3O2S. The number of nitrogens with zero attached hydrogens (tertiary/aromatic N) is 1. The SMILES string of the molecule is CC(CNc1cc(S(=O)(=O)N(C)C)ccc1N)C1CC1. The summed E-state index contributed by atoms with van der Waals surface area (Å²) in [5.41, 5.74) is 7.19. The second-order valence-corrected chi connectivity index (χ2v) is 7.88. The first kappa shape index (κ1) is 15.1. The smallest absolute Gasteiger partial charge is 0.242 e. The van der Waals surface area contributed by atoms with E-state index in [1.807, 2.05) is 0 Å². The lowest BCUT2D eigenvalue weighted by Gasteiger charge is -2.16. The number of sulfonamides is 1. The van der Waals surface area contributed by atoms with Crippen LogP contribution in [0.4, 0.5) is 11.4 Å². The summed E-state index contributed by atoms with van der Waals surface area (Å²) in [7, 11) is -0.377. The molecule has 6 heteroatoms. The van der Waals surface area contributed by atoms with E-state index in [2.05, 4.69) is 12.2 Å². The van der Waals surface area contributed by atoms with Crippen molar-refractivity contribution in [3.63, 3.8) is 0 Å². The molecule has 1 aliphatic rings. The average molecular weight is 297 g/mol. The van der Waals surface area contributed by atoms with Gasteiger partial charge in [-0.2, -0.15) is 0 Å². The molecule has 3 N–H and O–H groups in total. The van der Waals surface area contributed by atoms with E-state index in [0.29, 0.717) is 17.3 Å². The molecule has 1 unspecified atom stereocenters. The molecule has 0 amide bonds. The van der Waals surface area contributed by atoms with Crippen molar-refractivity contribution < 1.29 is 8.42 Å². The monoisotopic (exact) mass is 297 g/mol. The minimum Gasteiger partial charge on any atom is -0.397 e. The molecule has 1 saturated carbocycles. The third kappa shape index (κ3) is 3.24. The van der Waals surface area contributed by atoms with Crippen molar-refractivity contribution in [3.8, 4) is 0 Å². The molecule has 0 saturated heterocycles. The summed E-state index contributed by atoms with van der Waals surface area (Å²) in [5.74, 6) is 1.39. The number of nitrogens with two attached hydrogens (primary N) is 1. The number of benzene rings is 1. The minimum absolute atomic E-state index is 0.262. The van der Waals surface area contributed by atoms with Gasteiger partial charge in [-0.15, -0.1) is 0 Å². The lowest BCUT2D eigenvalue weighted by Crippen LogP contribution is -2.22. The largest absolute Gasteiger partial charge is 0.397 e. The predicted octanol–water partition coefficient (Wildman–Crippen LogP) is 1.98. The van der Waals surface area contributed by atoms with Gasteiger partial charge in [-0.3, -0.25) is 0 Å². The second-order valence-electron chi connectivity index (χ2n) is 5.73. The Morgan fingerprint density at radius 3 is 2.60 bits per heavy atom. The highest BCUT2D eigenvalue weighted by Gasteiger charge is 2.27. The maximum atomic E-state index is 12.1. The Hall–Kier alpha value is -1.27. The van der Waals surface area contributed by atoms with Gasteiger partial charge in [0.1, 0.15) is 0 Å². The lowest BCUT2D eigenvalue weighted by molar-refractivity contribution is 0.520. The molecular weight excluding hydrogens is 274 g/mol. The summed E-state index contributed by atoms with van der Waals surface area (Å²) in [6.07, 6.45) is 2.60. The standard InChI is InChI=1S/C14H23N3O2S/c1-10(11-4-5-11)9-16-14-8-12(6-7-13(14)15)20(18,19)17(2)3/h6-8,10-11,16H,4-5,9,15H2,1-3H3. The molecule has 0 aliphatic heterocycles. The Labute approximate surface area is 121 Å². The summed E-state index contributed by atoms with van der Waals surface area (Å²) < 4.78 is 25.4. The maximum absolute atomic E-state index is 12.1. The Bertz CT molecular complexity index is 580. The molecule has 1 fully saturated rings. The van der Waals surface area contributed by atoms with Crippen LogP contribution in [0.5, 0.6) is 0 Å². The number of hydrogen-bond acceptors (Lipinski definition) is 4. The van der Waals surface area contributed by atoms with Crippen LogP contribution in [0.15, 0.2) is 23.1 Å². The number of hydrogen-bond donors (Lipinski definition) is 2. The lowest BCUT2D eigenvalue weighted by atomic mass is 10.1. The number of rotatable bonds is 6. The number of nitrogens with one attached hydrogen (secondary N) is 1. The summed E-state index contributed by atoms with van der Waals surface area (Å²) in [6.45, 7) is 3.03. The van der Waals surface area contributed by atoms with E-state index >= 15 is 0 Å². The van der Waals surface area contributed by atoms with Crippen LogP contribution >= 0.6 is 0 Å². The molecule has 1 atom stereocenters. The van der Waals surface area contributed by atoms with E-state index < -0.39 is 10.0 Å². The van der Waals surface area contributed by atoms with Crippen molar-refractivity contribution in [3.05, 3.63) is 18.2 Å². The minimum atomic E-state index is -3.42. The normalized spacial score (nSPS) is 17.2. The van der Waals surface area contributed by atoms with E-state index in [0.717, 1.165) is 12.5 Å². The molecule has 5 nitrogen and oxygen atoms in total. The van der Waals surface area contributed by atoms with Gasteiger partial charge in [0.05, 0.1) is 16.3 Å². The zero-order valence-electron chi connectivity index (χ0n) is 12.3. The molecule has 0 bridgehead atoms. The van der Waals surface area contributed by atoms with Crippen LogP contribution in [-0.2, 0) is 10.0 Å². The van der Waals surface area contributed by atoms with Crippen LogP contribution in [-0.4, -0.2) is 33.4 Å². The van der Waals surface area contributed by atoms with Crippen molar-refractivity contribution in [1.82, 2.24) is 4.31 Å². The van der Waals surface area contributed by atoms with Crippen molar-refractivity contribution in [1.29, 1.82) is 0 Å². The first-order valence-corrected chi connectivity index (χ1v) is 8.32. The van der Waals surface area contributed by atoms with Crippen molar-refractivity contribution in [2.75, 3.05) is 31.7 Å².